The molecule has 0 spiro atoms. The largest absolute Gasteiger partial charge is 0.485 e. The van der Waals surface area contributed by atoms with E-state index in [1.165, 1.54) is 4.52 Å². The monoisotopic (exact) mass is 401 g/mol. The first kappa shape index (κ1) is 17.5. The van der Waals surface area contributed by atoms with Gasteiger partial charge in [0, 0.05) is 11.1 Å². The van der Waals surface area contributed by atoms with E-state index in [0.717, 1.165) is 28.2 Å². The standard InChI is InChI=1S/C22H15N3O3S/c1-13-16(11-15-9-5-6-10-17(15)28-13)12-18-21(27)25-22(29-18)23-20(26)19(24-25)14-7-3-2-4-8-14/h2-13H,1H3/b18-12+. The minimum absolute atomic E-state index is 0.159. The van der Waals surface area contributed by atoms with E-state index in [9.17, 15) is 9.59 Å². The molecule has 0 aliphatic carbocycles. The smallest absolute Gasteiger partial charge is 0.300 e. The van der Waals surface area contributed by atoms with E-state index in [1.54, 1.807) is 18.2 Å². The van der Waals surface area contributed by atoms with Gasteiger partial charge in [0.2, 0.25) is 4.96 Å². The molecule has 0 saturated carbocycles. The number of aromatic nitrogens is 3. The molecule has 0 saturated heterocycles. The molecule has 0 N–H and O–H groups in total. The Morgan fingerprint density at radius 2 is 1.83 bits per heavy atom. The third-order valence-electron chi connectivity index (χ3n) is 4.74. The molecule has 3 heterocycles. The molecular formula is C22H15N3O3S. The van der Waals surface area contributed by atoms with Crippen LogP contribution in [0.2, 0.25) is 0 Å². The first-order valence-electron chi connectivity index (χ1n) is 9.08. The highest BCUT2D eigenvalue weighted by atomic mass is 32.1. The molecule has 2 aromatic heterocycles. The summed E-state index contributed by atoms with van der Waals surface area (Å²) in [6.07, 6.45) is 3.60. The summed E-state index contributed by atoms with van der Waals surface area (Å²) in [4.78, 5) is 29.7. The van der Waals surface area contributed by atoms with Crippen molar-refractivity contribution >= 4 is 28.4 Å². The van der Waals surface area contributed by atoms with Gasteiger partial charge in [-0.2, -0.15) is 14.6 Å². The Kier molecular flexibility index (Phi) is 4.10. The van der Waals surface area contributed by atoms with Gasteiger partial charge in [0.1, 0.15) is 11.9 Å². The van der Waals surface area contributed by atoms with Gasteiger partial charge in [-0.05, 0) is 30.7 Å². The molecule has 0 amide bonds. The van der Waals surface area contributed by atoms with Crippen LogP contribution in [-0.2, 0) is 0 Å². The van der Waals surface area contributed by atoms with Crippen molar-refractivity contribution in [2.75, 3.05) is 0 Å². The van der Waals surface area contributed by atoms with Crippen LogP contribution in [0, 0.1) is 0 Å². The Hall–Kier alpha value is -3.58. The number of hydrogen-bond donors (Lipinski definition) is 0. The number of nitrogens with zero attached hydrogens (tertiary/aromatic N) is 3. The fraction of sp³-hybridized carbons (Fsp3) is 0.0909. The van der Waals surface area contributed by atoms with Crippen molar-refractivity contribution in [3.05, 3.63) is 91.0 Å². The highest BCUT2D eigenvalue weighted by molar-refractivity contribution is 7.15. The molecule has 0 fully saturated rings. The lowest BCUT2D eigenvalue weighted by Gasteiger charge is -2.22. The van der Waals surface area contributed by atoms with Gasteiger partial charge in [-0.3, -0.25) is 9.59 Å². The van der Waals surface area contributed by atoms with Crippen molar-refractivity contribution in [3.8, 4) is 17.0 Å². The second kappa shape index (κ2) is 6.79. The summed E-state index contributed by atoms with van der Waals surface area (Å²) in [5.74, 6) is 0.817. The average Bonchev–Trinajstić information content (AvgIpc) is 3.03. The van der Waals surface area contributed by atoms with Crippen LogP contribution >= 0.6 is 11.3 Å². The topological polar surface area (TPSA) is 73.6 Å². The van der Waals surface area contributed by atoms with E-state index >= 15 is 0 Å². The van der Waals surface area contributed by atoms with Crippen molar-refractivity contribution in [1.29, 1.82) is 0 Å². The Morgan fingerprint density at radius 1 is 1.07 bits per heavy atom. The quantitative estimate of drug-likeness (QED) is 0.516. The molecule has 1 atom stereocenters. The van der Waals surface area contributed by atoms with Crippen LogP contribution in [-0.4, -0.2) is 20.7 Å². The molecule has 1 unspecified atom stereocenters. The lowest BCUT2D eigenvalue weighted by Crippen LogP contribution is -2.28. The molecule has 1 aliphatic rings. The summed E-state index contributed by atoms with van der Waals surface area (Å²) in [5, 5.41) is 4.28. The number of thiazole rings is 1. The van der Waals surface area contributed by atoms with Gasteiger partial charge in [-0.25, -0.2) is 0 Å². The van der Waals surface area contributed by atoms with Crippen LogP contribution < -0.4 is 20.4 Å². The van der Waals surface area contributed by atoms with E-state index in [-0.39, 0.29) is 22.3 Å². The molecule has 7 heteroatoms. The summed E-state index contributed by atoms with van der Waals surface area (Å²) in [5.41, 5.74) is 1.87. The van der Waals surface area contributed by atoms with Crippen LogP contribution in [0.3, 0.4) is 0 Å². The van der Waals surface area contributed by atoms with Gasteiger partial charge < -0.3 is 4.74 Å². The number of fused-ring (bicyclic) bond motifs is 2. The Labute approximate surface area is 169 Å². The zero-order chi connectivity index (χ0) is 20.0. The second-order valence-corrected chi connectivity index (χ2v) is 7.69. The number of para-hydroxylation sites is 1. The third kappa shape index (κ3) is 3.05. The minimum Gasteiger partial charge on any atom is -0.485 e. The number of hydrogen-bond acceptors (Lipinski definition) is 6. The lowest BCUT2D eigenvalue weighted by molar-refractivity contribution is 0.259. The van der Waals surface area contributed by atoms with Crippen molar-refractivity contribution in [2.45, 2.75) is 13.0 Å². The van der Waals surface area contributed by atoms with E-state index in [1.807, 2.05) is 55.5 Å². The average molecular weight is 401 g/mol. The predicted molar refractivity (Wildman–Crippen MR) is 113 cm³/mol. The van der Waals surface area contributed by atoms with Crippen LogP contribution in [0.15, 0.2) is 69.8 Å². The highest BCUT2D eigenvalue weighted by Gasteiger charge is 2.18. The van der Waals surface area contributed by atoms with Crippen LogP contribution in [0.1, 0.15) is 12.5 Å². The molecule has 2 aromatic carbocycles. The zero-order valence-corrected chi connectivity index (χ0v) is 16.2. The molecule has 29 heavy (non-hydrogen) atoms. The fourth-order valence-electron chi connectivity index (χ4n) is 3.26. The first-order chi connectivity index (χ1) is 14.1. The van der Waals surface area contributed by atoms with Gasteiger partial charge in [0.15, 0.2) is 5.69 Å². The molecule has 1 aliphatic heterocycles. The van der Waals surface area contributed by atoms with E-state index < -0.39 is 5.56 Å². The molecule has 4 aromatic rings. The van der Waals surface area contributed by atoms with Crippen molar-refractivity contribution in [2.24, 2.45) is 0 Å². The molecule has 142 valence electrons. The number of benzene rings is 2. The second-order valence-electron chi connectivity index (χ2n) is 6.68. The molecule has 0 radical (unpaired) electrons. The summed E-state index contributed by atoms with van der Waals surface area (Å²) in [6.45, 7) is 1.93. The molecule has 5 rings (SSSR count). The van der Waals surface area contributed by atoms with Gasteiger partial charge in [0.05, 0.1) is 4.53 Å². The van der Waals surface area contributed by atoms with Gasteiger partial charge in [0.25, 0.3) is 5.56 Å². The molecule has 0 bridgehead atoms. The van der Waals surface area contributed by atoms with Crippen molar-refractivity contribution < 1.29 is 4.74 Å². The Bertz CT molecular complexity index is 1440. The maximum Gasteiger partial charge on any atom is 0.300 e. The SMILES string of the molecule is CC1Oc2ccccc2C=C1/C=c1/sc2nc(=O)c(-c3ccccc3)nn2c1=O. The Morgan fingerprint density at radius 3 is 2.66 bits per heavy atom. The maximum absolute atomic E-state index is 12.9. The summed E-state index contributed by atoms with van der Waals surface area (Å²) >= 11 is 1.14. The molecular weight excluding hydrogens is 386 g/mol. The van der Waals surface area contributed by atoms with Crippen LogP contribution in [0.5, 0.6) is 5.75 Å². The maximum atomic E-state index is 12.9. The predicted octanol–water partition coefficient (Wildman–Crippen LogP) is 2.54. The molecule has 6 nitrogen and oxygen atoms in total. The highest BCUT2D eigenvalue weighted by Crippen LogP contribution is 2.29. The summed E-state index contributed by atoms with van der Waals surface area (Å²) < 4.78 is 7.59. The third-order valence-corrected chi connectivity index (χ3v) is 5.70. The van der Waals surface area contributed by atoms with Crippen molar-refractivity contribution in [1.82, 2.24) is 14.6 Å². The van der Waals surface area contributed by atoms with Crippen molar-refractivity contribution in [3.63, 3.8) is 0 Å². The van der Waals surface area contributed by atoms with E-state index in [0.29, 0.717) is 10.1 Å². The number of ether oxygens (including phenoxy) is 1. The van der Waals surface area contributed by atoms with E-state index in [2.05, 4.69) is 10.1 Å². The lowest BCUT2D eigenvalue weighted by atomic mass is 10.0. The van der Waals surface area contributed by atoms with E-state index in [4.69, 9.17) is 4.74 Å². The first-order valence-corrected chi connectivity index (χ1v) is 9.90. The fourth-order valence-corrected chi connectivity index (χ4v) is 4.16. The van der Waals surface area contributed by atoms with Crippen LogP contribution in [0.4, 0.5) is 0 Å². The van der Waals surface area contributed by atoms with Crippen LogP contribution in [0.25, 0.3) is 28.4 Å². The summed E-state index contributed by atoms with van der Waals surface area (Å²) in [6, 6.07) is 16.8. The van der Waals surface area contributed by atoms with Gasteiger partial charge >= 0.3 is 5.56 Å². The Balaban J connectivity index is 1.67. The zero-order valence-electron chi connectivity index (χ0n) is 15.4. The summed E-state index contributed by atoms with van der Waals surface area (Å²) in [7, 11) is 0. The number of rotatable bonds is 2. The van der Waals surface area contributed by atoms with Gasteiger partial charge in [-0.15, -0.1) is 0 Å². The minimum atomic E-state index is -0.452. The normalized spacial score (nSPS) is 16.4. The van der Waals surface area contributed by atoms with Gasteiger partial charge in [-0.1, -0.05) is 59.9 Å².